The summed E-state index contributed by atoms with van der Waals surface area (Å²) in [6.07, 6.45) is 6.13. The van der Waals surface area contributed by atoms with E-state index in [0.29, 0.717) is 17.1 Å². The van der Waals surface area contributed by atoms with E-state index in [4.69, 9.17) is 15.0 Å². The lowest BCUT2D eigenvalue weighted by Crippen LogP contribution is -2.06. The minimum atomic E-state index is 0.569. The zero-order chi connectivity index (χ0) is 22.5. The van der Waals surface area contributed by atoms with Gasteiger partial charge in [0.25, 0.3) is 0 Å². The van der Waals surface area contributed by atoms with Crippen LogP contribution in [0.1, 0.15) is 5.69 Å². The average Bonchev–Trinajstić information content (AvgIpc) is 3.37. The van der Waals surface area contributed by atoms with Gasteiger partial charge in [-0.3, -0.25) is 0 Å². The van der Waals surface area contributed by atoms with Gasteiger partial charge < -0.3 is 9.97 Å². The second kappa shape index (κ2) is 7.35. The Bertz CT molecular complexity index is 1870. The van der Waals surface area contributed by atoms with Crippen molar-refractivity contribution in [2.75, 3.05) is 0 Å². The van der Waals surface area contributed by atoms with Gasteiger partial charge in [0, 0.05) is 38.5 Å². The normalized spacial score (nSPS) is 12.2. The molecule has 2 aromatic carbocycles. The fraction of sp³-hybridized carbons (Fsp3) is 0. The highest BCUT2D eigenvalue weighted by Crippen LogP contribution is 2.34. The number of fused-ring (bicyclic) bond motifs is 14. The number of nitrogens with one attached hydrogen (secondary N) is 2. The molecule has 0 atom stereocenters. The van der Waals surface area contributed by atoms with Gasteiger partial charge in [-0.05, 0) is 36.4 Å². The molecule has 0 aliphatic carbocycles. The zero-order valence-corrected chi connectivity index (χ0v) is 18.0. The Morgan fingerprint density at radius 1 is 0.618 bits per heavy atom. The highest BCUT2D eigenvalue weighted by atomic mass is 15.0. The zero-order valence-electron chi connectivity index (χ0n) is 18.0. The maximum atomic E-state index is 4.85. The number of nitrogens with zero attached hydrogens (tertiary/aromatic N) is 4. The smallest absolute Gasteiger partial charge is 0.162 e. The quantitative estimate of drug-likeness (QED) is 0.334. The fourth-order valence-corrected chi connectivity index (χ4v) is 4.46. The number of H-pyrrole nitrogens is 2. The van der Waals surface area contributed by atoms with Gasteiger partial charge in [-0.15, -0.1) is 0 Å². The summed E-state index contributed by atoms with van der Waals surface area (Å²) in [5.41, 5.74) is 6.76. The monoisotopic (exact) mass is 438 g/mol. The Balaban J connectivity index is 1.67. The molecule has 3 aromatic heterocycles. The van der Waals surface area contributed by atoms with E-state index in [-0.39, 0.29) is 0 Å². The number of aromatic amines is 2. The van der Waals surface area contributed by atoms with Crippen molar-refractivity contribution in [3.63, 3.8) is 0 Å². The number of pyridine rings is 1. The molecule has 0 amide bonds. The Labute approximate surface area is 194 Å². The van der Waals surface area contributed by atoms with Crippen molar-refractivity contribution in [1.29, 1.82) is 0 Å². The number of hydrogen-bond acceptors (Lipinski definition) is 4. The summed E-state index contributed by atoms with van der Waals surface area (Å²) in [6.45, 7) is 0. The molecule has 7 rings (SSSR count). The van der Waals surface area contributed by atoms with Crippen LogP contribution >= 0.6 is 0 Å². The Morgan fingerprint density at radius 2 is 1.41 bits per heavy atom. The van der Waals surface area contributed by atoms with Crippen molar-refractivity contribution >= 4 is 45.4 Å². The molecule has 2 aliphatic rings. The number of rotatable bonds is 0. The second-order valence-corrected chi connectivity index (χ2v) is 8.23. The molecular formula is C28H18N6. The van der Waals surface area contributed by atoms with Crippen molar-refractivity contribution < 1.29 is 0 Å². The number of benzene rings is 2. The second-order valence-electron chi connectivity index (χ2n) is 8.23. The maximum Gasteiger partial charge on any atom is 0.162 e. The van der Waals surface area contributed by atoms with Gasteiger partial charge in [0.15, 0.2) is 17.1 Å². The van der Waals surface area contributed by atoms with E-state index >= 15 is 0 Å². The van der Waals surface area contributed by atoms with Crippen LogP contribution < -0.4 is 5.35 Å². The van der Waals surface area contributed by atoms with E-state index in [1.165, 1.54) is 0 Å². The third kappa shape index (κ3) is 3.12. The van der Waals surface area contributed by atoms with Gasteiger partial charge in [-0.1, -0.05) is 60.7 Å². The van der Waals surface area contributed by atoms with Crippen molar-refractivity contribution in [1.82, 2.24) is 29.9 Å². The highest BCUT2D eigenvalue weighted by Gasteiger charge is 2.16. The molecule has 0 saturated carbocycles. The Kier molecular flexibility index (Phi) is 4.04. The van der Waals surface area contributed by atoms with Gasteiger partial charge in [-0.2, -0.15) is 0 Å². The number of aromatic nitrogens is 6. The first kappa shape index (κ1) is 18.7. The van der Waals surface area contributed by atoms with E-state index in [1.54, 1.807) is 0 Å². The average molecular weight is 438 g/mol. The molecule has 5 aromatic rings. The van der Waals surface area contributed by atoms with Crippen molar-refractivity contribution in [2.24, 2.45) is 0 Å². The van der Waals surface area contributed by atoms with Gasteiger partial charge in [0.05, 0.1) is 5.69 Å². The fourth-order valence-electron chi connectivity index (χ4n) is 4.46. The minimum Gasteiger partial charge on any atom is -0.355 e. The predicted octanol–water partition coefficient (Wildman–Crippen LogP) is 5.37. The summed E-state index contributed by atoms with van der Waals surface area (Å²) in [5, 5.41) is 3.11. The molecule has 160 valence electrons. The van der Waals surface area contributed by atoms with Crippen LogP contribution in [0.15, 0.2) is 84.9 Å². The molecule has 0 spiro atoms. The first-order valence-corrected chi connectivity index (χ1v) is 11.1. The summed E-state index contributed by atoms with van der Waals surface area (Å²) in [5.74, 6) is 0.647. The maximum absolute atomic E-state index is 4.85. The van der Waals surface area contributed by atoms with Crippen molar-refractivity contribution in [3.05, 3.63) is 96.0 Å². The lowest BCUT2D eigenvalue weighted by molar-refractivity contribution is 1.21. The molecule has 0 radical (unpaired) electrons. The van der Waals surface area contributed by atoms with E-state index in [9.17, 15) is 0 Å². The first-order chi connectivity index (χ1) is 16.8. The van der Waals surface area contributed by atoms with E-state index in [2.05, 4.69) is 51.4 Å². The van der Waals surface area contributed by atoms with Crippen LogP contribution in [-0.2, 0) is 0 Å². The topological polar surface area (TPSA) is 83.1 Å². The molecule has 6 nitrogen and oxygen atoms in total. The Hall–Kier alpha value is -4.84. The molecule has 0 fully saturated rings. The van der Waals surface area contributed by atoms with Crippen LogP contribution in [0.2, 0.25) is 0 Å². The van der Waals surface area contributed by atoms with Crippen molar-refractivity contribution in [3.8, 4) is 22.6 Å². The van der Waals surface area contributed by atoms with Gasteiger partial charge in [0.2, 0.25) is 0 Å². The minimum absolute atomic E-state index is 0.569. The van der Waals surface area contributed by atoms with Crippen LogP contribution in [0.3, 0.4) is 0 Å². The molecule has 2 aliphatic heterocycles. The highest BCUT2D eigenvalue weighted by molar-refractivity contribution is 6.05. The van der Waals surface area contributed by atoms with Crippen LogP contribution in [0.25, 0.3) is 68.0 Å². The van der Waals surface area contributed by atoms with Crippen LogP contribution in [-0.4, -0.2) is 29.9 Å². The largest absolute Gasteiger partial charge is 0.355 e. The van der Waals surface area contributed by atoms with Crippen molar-refractivity contribution in [2.45, 2.75) is 0 Å². The third-order valence-electron chi connectivity index (χ3n) is 5.99. The van der Waals surface area contributed by atoms with E-state index in [0.717, 1.165) is 49.8 Å². The summed E-state index contributed by atoms with van der Waals surface area (Å²) in [6, 6.07) is 26.2. The molecular weight excluding hydrogens is 420 g/mol. The van der Waals surface area contributed by atoms with Crippen LogP contribution in [0, 0.1) is 0 Å². The lowest BCUT2D eigenvalue weighted by Gasteiger charge is -1.99. The molecule has 0 saturated heterocycles. The summed E-state index contributed by atoms with van der Waals surface area (Å²) < 4.78 is 0. The van der Waals surface area contributed by atoms with Crippen LogP contribution in [0.4, 0.5) is 0 Å². The molecule has 34 heavy (non-hydrogen) atoms. The van der Waals surface area contributed by atoms with Gasteiger partial charge in [0.1, 0.15) is 5.65 Å². The van der Waals surface area contributed by atoms with Gasteiger partial charge in [-0.25, -0.2) is 19.9 Å². The molecule has 5 heterocycles. The summed E-state index contributed by atoms with van der Waals surface area (Å²) >= 11 is 0. The molecule has 8 bridgehead atoms. The SMILES string of the molecule is C1=Cc2cc3nc(nc4cccc(n4)nc4[nH]c(cc([nH]2)=C1)c1ccccc41)-c1ccccc1-3. The third-order valence-corrected chi connectivity index (χ3v) is 5.99. The molecule has 0 unspecified atom stereocenters. The number of hydrogen-bond donors (Lipinski definition) is 2. The van der Waals surface area contributed by atoms with E-state index in [1.807, 2.05) is 60.7 Å². The van der Waals surface area contributed by atoms with Gasteiger partial charge >= 0.3 is 0 Å². The summed E-state index contributed by atoms with van der Waals surface area (Å²) in [4.78, 5) is 26.1. The first-order valence-electron chi connectivity index (χ1n) is 11.1. The standard InChI is InChI=1S/C28H18N6/c1-3-11-21-19(9-1)23-15-17-7-5-8-18(29-17)16-24-20-10-2-4-12-22(20)28(31-24)34-26-14-6-13-25(32-26)33-27(21)30-23/h1-16,29H,(H,30,31,32,33,34). The molecule has 2 N–H and O–H groups in total. The van der Waals surface area contributed by atoms with Crippen LogP contribution in [0.5, 0.6) is 0 Å². The summed E-state index contributed by atoms with van der Waals surface area (Å²) in [7, 11) is 0. The predicted molar refractivity (Wildman–Crippen MR) is 136 cm³/mol. The number of allylic oxidation sites excluding steroid dienone is 1. The Morgan fingerprint density at radius 3 is 2.32 bits per heavy atom. The lowest BCUT2D eigenvalue weighted by atomic mass is 10.1. The van der Waals surface area contributed by atoms with E-state index < -0.39 is 0 Å². The molecule has 6 heteroatoms.